The van der Waals surface area contributed by atoms with Crippen molar-refractivity contribution in [2.45, 2.75) is 39.5 Å². The molecule has 0 bridgehead atoms. The minimum atomic E-state index is 0.616. The lowest BCUT2D eigenvalue weighted by molar-refractivity contribution is 0.217. The van der Waals surface area contributed by atoms with Crippen molar-refractivity contribution in [1.82, 2.24) is 19.7 Å². The van der Waals surface area contributed by atoms with Gasteiger partial charge in [0, 0.05) is 13.0 Å². The molecular formula is C12H24N4. The zero-order valence-electron chi connectivity index (χ0n) is 11.0. The van der Waals surface area contributed by atoms with E-state index in [-0.39, 0.29) is 0 Å². The Morgan fingerprint density at radius 3 is 2.38 bits per heavy atom. The molecule has 92 valence electrons. The van der Waals surface area contributed by atoms with Crippen molar-refractivity contribution in [1.29, 1.82) is 0 Å². The summed E-state index contributed by atoms with van der Waals surface area (Å²) in [7, 11) is 2.03. The van der Waals surface area contributed by atoms with Crippen molar-refractivity contribution < 1.29 is 0 Å². The molecule has 4 heteroatoms. The van der Waals surface area contributed by atoms with Crippen LogP contribution in [-0.2, 0) is 7.05 Å². The highest BCUT2D eigenvalue weighted by molar-refractivity contribution is 4.98. The van der Waals surface area contributed by atoms with Gasteiger partial charge in [0.05, 0.1) is 0 Å². The monoisotopic (exact) mass is 224 g/mol. The van der Waals surface area contributed by atoms with Gasteiger partial charge in [0.25, 0.3) is 0 Å². The van der Waals surface area contributed by atoms with Crippen molar-refractivity contribution in [3.05, 3.63) is 12.2 Å². The molecule has 16 heavy (non-hydrogen) atoms. The van der Waals surface area contributed by atoms with E-state index in [1.807, 2.05) is 25.5 Å². The molecule has 0 radical (unpaired) electrons. The average Bonchev–Trinajstić information content (AvgIpc) is 2.78. The van der Waals surface area contributed by atoms with Crippen LogP contribution in [0, 0.1) is 0 Å². The largest absolute Gasteiger partial charge is 0.320 e. The summed E-state index contributed by atoms with van der Waals surface area (Å²) in [5, 5.41) is 8.12. The smallest absolute Gasteiger partial charge is 0.135 e. The van der Waals surface area contributed by atoms with E-state index in [0.29, 0.717) is 5.92 Å². The Balaban J connectivity index is 0.000000606. The summed E-state index contributed by atoms with van der Waals surface area (Å²) < 4.78 is 2.05. The third kappa shape index (κ3) is 3.04. The maximum atomic E-state index is 4.18. The van der Waals surface area contributed by atoms with Crippen molar-refractivity contribution >= 4 is 0 Å². The molecule has 0 unspecified atom stereocenters. The van der Waals surface area contributed by atoms with Gasteiger partial charge >= 0.3 is 0 Å². The van der Waals surface area contributed by atoms with Gasteiger partial charge in [0.1, 0.15) is 12.2 Å². The second kappa shape index (κ2) is 6.63. The normalized spacial score (nSPS) is 18.0. The second-order valence-corrected chi connectivity index (χ2v) is 4.01. The highest BCUT2D eigenvalue weighted by atomic mass is 15.3. The molecule has 0 saturated carbocycles. The van der Waals surface area contributed by atoms with Crippen molar-refractivity contribution in [2.24, 2.45) is 7.05 Å². The van der Waals surface area contributed by atoms with Crippen molar-refractivity contribution in [2.75, 3.05) is 19.6 Å². The number of aromatic nitrogens is 3. The third-order valence-electron chi connectivity index (χ3n) is 3.15. The topological polar surface area (TPSA) is 34.0 Å². The molecule has 1 aliphatic heterocycles. The summed E-state index contributed by atoms with van der Waals surface area (Å²) in [6.45, 7) is 9.80. The fourth-order valence-electron chi connectivity index (χ4n) is 2.17. The number of hydrogen-bond donors (Lipinski definition) is 0. The molecule has 2 heterocycles. The summed E-state index contributed by atoms with van der Waals surface area (Å²) >= 11 is 0. The highest BCUT2D eigenvalue weighted by Gasteiger charge is 2.22. The van der Waals surface area contributed by atoms with Crippen molar-refractivity contribution in [3.63, 3.8) is 0 Å². The number of piperidine rings is 1. The van der Waals surface area contributed by atoms with Gasteiger partial charge in [-0.2, -0.15) is 0 Å². The van der Waals surface area contributed by atoms with Crippen LogP contribution in [0.1, 0.15) is 45.4 Å². The van der Waals surface area contributed by atoms with Crippen LogP contribution in [0.4, 0.5) is 0 Å². The Bertz CT molecular complexity index is 287. The van der Waals surface area contributed by atoms with Gasteiger partial charge < -0.3 is 9.47 Å². The molecule has 1 aromatic rings. The molecule has 0 amide bonds. The molecule has 0 atom stereocenters. The Kier molecular flexibility index (Phi) is 5.46. The van der Waals surface area contributed by atoms with Crippen LogP contribution in [0.3, 0.4) is 0 Å². The van der Waals surface area contributed by atoms with Gasteiger partial charge in [-0.05, 0) is 32.5 Å². The highest BCUT2D eigenvalue weighted by Crippen LogP contribution is 2.25. The maximum Gasteiger partial charge on any atom is 0.135 e. The summed E-state index contributed by atoms with van der Waals surface area (Å²) in [6.07, 6.45) is 4.24. The summed E-state index contributed by atoms with van der Waals surface area (Å²) in [5.41, 5.74) is 0. The first-order valence-corrected chi connectivity index (χ1v) is 6.37. The van der Waals surface area contributed by atoms with E-state index in [1.165, 1.54) is 32.5 Å². The van der Waals surface area contributed by atoms with Crippen LogP contribution in [0.2, 0.25) is 0 Å². The average molecular weight is 224 g/mol. The van der Waals surface area contributed by atoms with Crippen LogP contribution in [0.25, 0.3) is 0 Å². The maximum absolute atomic E-state index is 4.18. The number of nitrogens with zero attached hydrogens (tertiary/aromatic N) is 4. The molecule has 0 N–H and O–H groups in total. The Labute approximate surface area is 98.7 Å². The molecule has 2 rings (SSSR count). The lowest BCUT2D eigenvalue weighted by Crippen LogP contribution is -2.33. The van der Waals surface area contributed by atoms with Crippen LogP contribution in [0.5, 0.6) is 0 Å². The summed E-state index contributed by atoms with van der Waals surface area (Å²) in [4.78, 5) is 2.49. The van der Waals surface area contributed by atoms with E-state index in [4.69, 9.17) is 0 Å². The molecule has 1 fully saturated rings. The van der Waals surface area contributed by atoms with Gasteiger partial charge in [0.15, 0.2) is 0 Å². The van der Waals surface area contributed by atoms with Gasteiger partial charge in [-0.3, -0.25) is 0 Å². The van der Waals surface area contributed by atoms with Gasteiger partial charge in [-0.15, -0.1) is 10.2 Å². The molecule has 0 spiro atoms. The zero-order chi connectivity index (χ0) is 12.0. The number of hydrogen-bond acceptors (Lipinski definition) is 3. The first-order chi connectivity index (χ1) is 7.81. The van der Waals surface area contributed by atoms with Crippen LogP contribution < -0.4 is 0 Å². The lowest BCUT2D eigenvalue weighted by atomic mass is 9.96. The van der Waals surface area contributed by atoms with Crippen LogP contribution in [-0.4, -0.2) is 39.3 Å². The first kappa shape index (κ1) is 13.2. The minimum Gasteiger partial charge on any atom is -0.320 e. The molecule has 1 saturated heterocycles. The first-order valence-electron chi connectivity index (χ1n) is 6.37. The quantitative estimate of drug-likeness (QED) is 0.771. The lowest BCUT2D eigenvalue weighted by Gasteiger charge is -2.30. The molecule has 1 aliphatic rings. The Hall–Kier alpha value is -0.900. The zero-order valence-corrected chi connectivity index (χ0v) is 11.0. The standard InChI is InChI=1S/C10H18N4.C2H6/c1-3-14-6-4-9(5-7-14)10-12-11-8-13(10)2;1-2/h8-9H,3-7H2,1-2H3;1-2H3. The van der Waals surface area contributed by atoms with Crippen LogP contribution >= 0.6 is 0 Å². The van der Waals surface area contributed by atoms with Gasteiger partial charge in [-0.1, -0.05) is 20.8 Å². The molecule has 4 nitrogen and oxygen atoms in total. The predicted octanol–water partition coefficient (Wildman–Crippen LogP) is 2.04. The second-order valence-electron chi connectivity index (χ2n) is 4.01. The third-order valence-corrected chi connectivity index (χ3v) is 3.15. The van der Waals surface area contributed by atoms with E-state index < -0.39 is 0 Å². The van der Waals surface area contributed by atoms with E-state index in [9.17, 15) is 0 Å². The fourth-order valence-corrected chi connectivity index (χ4v) is 2.17. The van der Waals surface area contributed by atoms with E-state index >= 15 is 0 Å². The molecule has 0 aliphatic carbocycles. The minimum absolute atomic E-state index is 0.616. The van der Waals surface area contributed by atoms with Gasteiger partial charge in [0.2, 0.25) is 0 Å². The van der Waals surface area contributed by atoms with Gasteiger partial charge in [-0.25, -0.2) is 0 Å². The summed E-state index contributed by atoms with van der Waals surface area (Å²) in [6, 6.07) is 0. The SMILES string of the molecule is CC.CCN1CCC(c2nncn2C)CC1. The summed E-state index contributed by atoms with van der Waals surface area (Å²) in [5.74, 6) is 1.77. The number of rotatable bonds is 2. The Morgan fingerprint density at radius 1 is 1.31 bits per heavy atom. The fraction of sp³-hybridized carbons (Fsp3) is 0.833. The molecular weight excluding hydrogens is 200 g/mol. The molecule has 0 aromatic carbocycles. The van der Waals surface area contributed by atoms with E-state index in [1.54, 1.807) is 6.33 Å². The Morgan fingerprint density at radius 2 is 1.94 bits per heavy atom. The molecule has 1 aromatic heterocycles. The van der Waals surface area contributed by atoms with Crippen LogP contribution in [0.15, 0.2) is 6.33 Å². The van der Waals surface area contributed by atoms with E-state index in [2.05, 4.69) is 22.0 Å². The predicted molar refractivity (Wildman–Crippen MR) is 66.4 cm³/mol. The number of likely N-dealkylation sites (tertiary alicyclic amines) is 1. The van der Waals surface area contributed by atoms with E-state index in [0.717, 1.165) is 5.82 Å². The number of aryl methyl sites for hydroxylation is 1. The van der Waals surface area contributed by atoms with Crippen molar-refractivity contribution in [3.8, 4) is 0 Å².